The van der Waals surface area contributed by atoms with E-state index in [9.17, 15) is 9.90 Å². The molecule has 0 bridgehead atoms. The van der Waals surface area contributed by atoms with E-state index >= 15 is 0 Å². The summed E-state index contributed by atoms with van der Waals surface area (Å²) in [7, 11) is 0. The zero-order chi connectivity index (χ0) is 15.2. The van der Waals surface area contributed by atoms with E-state index in [0.717, 1.165) is 6.20 Å². The van der Waals surface area contributed by atoms with Crippen molar-refractivity contribution >= 4 is 28.1 Å². The number of halogens is 1. The monoisotopic (exact) mass is 353 g/mol. The number of aromatic amines is 1. The molecule has 0 saturated heterocycles. The molecule has 0 aliphatic rings. The fraction of sp³-hybridized carbons (Fsp3) is 0.167. The van der Waals surface area contributed by atoms with Gasteiger partial charge in [0.15, 0.2) is 11.5 Å². The Hall–Kier alpha value is -2.42. The standard InChI is InChI=1S/C12H12BrN5O3/c1-2-21-9-4-7(3-8(13)11(9)20)5-14-17-12-16-10(19)6-15-18-12/h3-6,20H,2H2,1H3,(H2,16,17,18,19)/b14-5+. The van der Waals surface area contributed by atoms with E-state index in [1.54, 1.807) is 12.1 Å². The van der Waals surface area contributed by atoms with Gasteiger partial charge in [-0.1, -0.05) is 0 Å². The quantitative estimate of drug-likeness (QED) is 0.554. The largest absolute Gasteiger partial charge is 0.503 e. The van der Waals surface area contributed by atoms with Gasteiger partial charge >= 0.3 is 0 Å². The average Bonchev–Trinajstić information content (AvgIpc) is 2.44. The van der Waals surface area contributed by atoms with Crippen LogP contribution in [0.5, 0.6) is 11.5 Å². The average molecular weight is 354 g/mol. The first-order valence-corrected chi connectivity index (χ1v) is 6.76. The van der Waals surface area contributed by atoms with Crippen molar-refractivity contribution in [2.24, 2.45) is 5.10 Å². The van der Waals surface area contributed by atoms with E-state index in [0.29, 0.717) is 22.4 Å². The summed E-state index contributed by atoms with van der Waals surface area (Å²) in [6.07, 6.45) is 2.54. The molecule has 0 amide bonds. The van der Waals surface area contributed by atoms with Crippen LogP contribution in [-0.2, 0) is 0 Å². The molecule has 0 radical (unpaired) electrons. The van der Waals surface area contributed by atoms with Crippen LogP contribution in [0, 0.1) is 0 Å². The zero-order valence-corrected chi connectivity index (χ0v) is 12.6. The van der Waals surface area contributed by atoms with E-state index in [1.165, 1.54) is 6.21 Å². The van der Waals surface area contributed by atoms with Gasteiger partial charge in [-0.15, -0.1) is 10.2 Å². The highest BCUT2D eigenvalue weighted by Crippen LogP contribution is 2.34. The second-order valence-electron chi connectivity index (χ2n) is 3.83. The lowest BCUT2D eigenvalue weighted by Gasteiger charge is -2.08. The Morgan fingerprint density at radius 3 is 3.10 bits per heavy atom. The van der Waals surface area contributed by atoms with Crippen LogP contribution < -0.4 is 15.7 Å². The molecule has 110 valence electrons. The van der Waals surface area contributed by atoms with Crippen molar-refractivity contribution in [2.45, 2.75) is 6.92 Å². The highest BCUT2D eigenvalue weighted by Gasteiger charge is 2.08. The number of hydrogen-bond acceptors (Lipinski definition) is 7. The highest BCUT2D eigenvalue weighted by atomic mass is 79.9. The molecule has 2 rings (SSSR count). The lowest BCUT2D eigenvalue weighted by molar-refractivity contribution is 0.317. The number of ether oxygens (including phenoxy) is 1. The van der Waals surface area contributed by atoms with Crippen molar-refractivity contribution in [3.05, 3.63) is 38.7 Å². The first-order valence-electron chi connectivity index (χ1n) is 5.96. The van der Waals surface area contributed by atoms with E-state index in [1.807, 2.05) is 6.92 Å². The van der Waals surface area contributed by atoms with Gasteiger partial charge in [-0.25, -0.2) is 5.43 Å². The van der Waals surface area contributed by atoms with Crippen molar-refractivity contribution < 1.29 is 9.84 Å². The van der Waals surface area contributed by atoms with Gasteiger partial charge in [0.05, 0.1) is 17.3 Å². The Bertz CT molecular complexity index is 716. The Kier molecular flexibility index (Phi) is 4.88. The number of anilines is 1. The number of aromatic hydroxyl groups is 1. The summed E-state index contributed by atoms with van der Waals surface area (Å²) in [5.74, 6) is 0.503. The van der Waals surface area contributed by atoms with E-state index in [2.05, 4.69) is 41.6 Å². The van der Waals surface area contributed by atoms with E-state index in [4.69, 9.17) is 4.74 Å². The number of hydrazone groups is 1. The second kappa shape index (κ2) is 6.84. The van der Waals surface area contributed by atoms with Gasteiger partial charge in [0.1, 0.15) is 6.20 Å². The van der Waals surface area contributed by atoms with Gasteiger partial charge in [-0.05, 0) is 40.5 Å². The fourth-order valence-corrected chi connectivity index (χ4v) is 1.92. The minimum absolute atomic E-state index is 0.0280. The number of hydrogen-bond donors (Lipinski definition) is 3. The summed E-state index contributed by atoms with van der Waals surface area (Å²) in [6, 6.07) is 3.30. The number of nitrogens with zero attached hydrogens (tertiary/aromatic N) is 3. The maximum absolute atomic E-state index is 11.0. The summed E-state index contributed by atoms with van der Waals surface area (Å²) in [4.78, 5) is 13.4. The summed E-state index contributed by atoms with van der Waals surface area (Å²) < 4.78 is 5.80. The number of nitrogens with one attached hydrogen (secondary N) is 2. The van der Waals surface area contributed by atoms with Crippen molar-refractivity contribution in [1.29, 1.82) is 0 Å². The first-order chi connectivity index (χ1) is 10.1. The molecule has 9 heteroatoms. The smallest absolute Gasteiger partial charge is 0.271 e. The van der Waals surface area contributed by atoms with Gasteiger partial charge < -0.3 is 9.84 Å². The van der Waals surface area contributed by atoms with Crippen LogP contribution in [0.2, 0.25) is 0 Å². The SMILES string of the molecule is CCOc1cc(/C=N/Nc2nncc(=O)[nH]2)cc(Br)c1O. The molecule has 0 spiro atoms. The molecule has 3 N–H and O–H groups in total. The third kappa shape index (κ3) is 4.02. The Morgan fingerprint density at radius 2 is 2.38 bits per heavy atom. The molecule has 8 nitrogen and oxygen atoms in total. The highest BCUT2D eigenvalue weighted by molar-refractivity contribution is 9.10. The summed E-state index contributed by atoms with van der Waals surface area (Å²) in [5.41, 5.74) is 2.84. The third-order valence-corrected chi connectivity index (χ3v) is 2.91. The molecule has 0 unspecified atom stereocenters. The van der Waals surface area contributed by atoms with Gasteiger partial charge in [0.2, 0.25) is 5.95 Å². The lowest BCUT2D eigenvalue weighted by Crippen LogP contribution is -2.10. The van der Waals surface area contributed by atoms with E-state index < -0.39 is 0 Å². The number of H-pyrrole nitrogens is 1. The fourth-order valence-electron chi connectivity index (χ4n) is 1.47. The molecular formula is C12H12BrN5O3. The van der Waals surface area contributed by atoms with Crippen LogP contribution in [0.3, 0.4) is 0 Å². The van der Waals surface area contributed by atoms with Crippen LogP contribution in [0.15, 0.2) is 32.7 Å². The summed E-state index contributed by atoms with van der Waals surface area (Å²) in [6.45, 7) is 2.25. The van der Waals surface area contributed by atoms with Gasteiger partial charge in [0.25, 0.3) is 5.56 Å². The minimum Gasteiger partial charge on any atom is -0.503 e. The molecule has 1 aromatic carbocycles. The predicted molar refractivity (Wildman–Crippen MR) is 80.8 cm³/mol. The van der Waals surface area contributed by atoms with Gasteiger partial charge in [-0.2, -0.15) is 5.10 Å². The Morgan fingerprint density at radius 1 is 1.57 bits per heavy atom. The number of aromatic nitrogens is 3. The molecule has 0 aliphatic heterocycles. The van der Waals surface area contributed by atoms with Crippen LogP contribution >= 0.6 is 15.9 Å². The molecule has 1 heterocycles. The van der Waals surface area contributed by atoms with E-state index in [-0.39, 0.29) is 17.3 Å². The maximum atomic E-state index is 11.0. The third-order valence-electron chi connectivity index (χ3n) is 2.31. The molecule has 21 heavy (non-hydrogen) atoms. The van der Waals surface area contributed by atoms with Crippen LogP contribution in [-0.4, -0.2) is 33.1 Å². The molecule has 2 aromatic rings. The predicted octanol–water partition coefficient (Wildman–Crippen LogP) is 1.48. The first kappa shape index (κ1) is 15.0. The van der Waals surface area contributed by atoms with Gasteiger partial charge in [-0.3, -0.25) is 9.78 Å². The van der Waals surface area contributed by atoms with Crippen LogP contribution in [0.1, 0.15) is 12.5 Å². The van der Waals surface area contributed by atoms with Crippen molar-refractivity contribution in [2.75, 3.05) is 12.0 Å². The number of phenolic OH excluding ortho intramolecular Hbond substituents is 1. The number of rotatable bonds is 5. The van der Waals surface area contributed by atoms with Gasteiger partial charge in [0, 0.05) is 0 Å². The molecule has 0 aliphatic carbocycles. The number of phenols is 1. The van der Waals surface area contributed by atoms with Crippen molar-refractivity contribution in [3.8, 4) is 11.5 Å². The zero-order valence-electron chi connectivity index (χ0n) is 11.0. The molecule has 0 fully saturated rings. The van der Waals surface area contributed by atoms with Crippen LogP contribution in [0.25, 0.3) is 0 Å². The Balaban J connectivity index is 2.15. The normalized spacial score (nSPS) is 10.8. The second-order valence-corrected chi connectivity index (χ2v) is 4.69. The maximum Gasteiger partial charge on any atom is 0.271 e. The number of benzene rings is 1. The van der Waals surface area contributed by atoms with Crippen molar-refractivity contribution in [3.63, 3.8) is 0 Å². The topological polar surface area (TPSA) is 112 Å². The van der Waals surface area contributed by atoms with Crippen molar-refractivity contribution in [1.82, 2.24) is 15.2 Å². The van der Waals surface area contributed by atoms with Crippen LogP contribution in [0.4, 0.5) is 5.95 Å². The molecular weight excluding hydrogens is 342 g/mol. The molecule has 1 aromatic heterocycles. The molecule has 0 atom stereocenters. The minimum atomic E-state index is -0.381. The molecule has 0 saturated carbocycles. The summed E-state index contributed by atoms with van der Waals surface area (Å²) >= 11 is 3.23. The lowest BCUT2D eigenvalue weighted by atomic mass is 10.2. The Labute approximate surface area is 128 Å². The summed E-state index contributed by atoms with van der Waals surface area (Å²) in [5, 5.41) is 20.8.